The first-order valence-corrected chi connectivity index (χ1v) is 9.84. The summed E-state index contributed by atoms with van der Waals surface area (Å²) in [5.41, 5.74) is 0.801. The van der Waals surface area contributed by atoms with Crippen LogP contribution in [0.4, 0.5) is 0 Å². The van der Waals surface area contributed by atoms with Crippen molar-refractivity contribution in [3.63, 3.8) is 0 Å². The van der Waals surface area contributed by atoms with Gasteiger partial charge in [-0.2, -0.15) is 0 Å². The number of carbonyl (C=O) groups is 3. The lowest BCUT2D eigenvalue weighted by Crippen LogP contribution is -2.22. The van der Waals surface area contributed by atoms with E-state index in [1.165, 1.54) is 12.1 Å². The predicted molar refractivity (Wildman–Crippen MR) is 114 cm³/mol. The van der Waals surface area contributed by atoms with Crippen molar-refractivity contribution in [2.24, 2.45) is 0 Å². The second kappa shape index (κ2) is 8.62. The van der Waals surface area contributed by atoms with E-state index in [2.05, 4.69) is 0 Å². The maximum Gasteiger partial charge on any atom is 0.339 e. The molecule has 1 aliphatic carbocycles. The van der Waals surface area contributed by atoms with Gasteiger partial charge < -0.3 is 14.2 Å². The van der Waals surface area contributed by atoms with Gasteiger partial charge in [0.15, 0.2) is 11.6 Å². The summed E-state index contributed by atoms with van der Waals surface area (Å²) in [5, 5.41) is -0.0913. The highest BCUT2D eigenvalue weighted by Crippen LogP contribution is 2.34. The van der Waals surface area contributed by atoms with Gasteiger partial charge in [0.25, 0.3) is 0 Å². The first-order valence-electron chi connectivity index (χ1n) is 9.46. The summed E-state index contributed by atoms with van der Waals surface area (Å²) in [7, 11) is 1.57. The number of esters is 1. The summed E-state index contributed by atoms with van der Waals surface area (Å²) in [6.45, 7) is 0.111. The normalized spacial score (nSPS) is 12.1. The first kappa shape index (κ1) is 20.6. The first-order chi connectivity index (χ1) is 15.0. The summed E-state index contributed by atoms with van der Waals surface area (Å²) in [5.74, 6) is -0.0965. The number of hydrogen-bond donors (Lipinski definition) is 0. The standard InChI is InChI=1S/C24H17ClO6/c1-29-14-6-8-15(9-7-14)30-12-13-31-24(28)19-11-10-18-20(21(19)25)23(27)17-5-3-2-4-16(17)22(18)26/h2-11H,12-13H2,1H3. The molecular weight excluding hydrogens is 420 g/mol. The molecule has 0 radical (unpaired) electrons. The highest BCUT2D eigenvalue weighted by Gasteiger charge is 2.33. The third-order valence-electron chi connectivity index (χ3n) is 4.89. The van der Waals surface area contributed by atoms with Crippen molar-refractivity contribution in [3.8, 4) is 11.5 Å². The van der Waals surface area contributed by atoms with E-state index >= 15 is 0 Å². The lowest BCUT2D eigenvalue weighted by molar-refractivity contribution is 0.0450. The summed E-state index contributed by atoms with van der Waals surface area (Å²) < 4.78 is 15.8. The van der Waals surface area contributed by atoms with Crippen LogP contribution in [0.3, 0.4) is 0 Å². The third kappa shape index (κ3) is 3.90. The van der Waals surface area contributed by atoms with Crippen LogP contribution in [0.2, 0.25) is 5.02 Å². The molecule has 3 aromatic carbocycles. The number of hydrogen-bond acceptors (Lipinski definition) is 6. The Hall–Kier alpha value is -3.64. The van der Waals surface area contributed by atoms with Gasteiger partial charge in [-0.25, -0.2) is 4.79 Å². The molecule has 0 aliphatic heterocycles. The zero-order valence-corrected chi connectivity index (χ0v) is 17.3. The van der Waals surface area contributed by atoms with Gasteiger partial charge in [0, 0.05) is 16.7 Å². The number of ketones is 2. The SMILES string of the molecule is COc1ccc(OCCOC(=O)c2ccc3c(c2Cl)C(=O)c2ccccc2C3=O)cc1. The van der Waals surface area contributed by atoms with Gasteiger partial charge in [-0.15, -0.1) is 0 Å². The molecule has 0 saturated carbocycles. The quantitative estimate of drug-likeness (QED) is 0.330. The van der Waals surface area contributed by atoms with Gasteiger partial charge in [0.05, 0.1) is 23.3 Å². The molecule has 0 aromatic heterocycles. The molecule has 0 unspecified atom stereocenters. The molecule has 0 spiro atoms. The average molecular weight is 437 g/mol. The van der Waals surface area contributed by atoms with E-state index in [9.17, 15) is 14.4 Å². The Morgan fingerprint density at radius 3 is 2.13 bits per heavy atom. The molecule has 0 heterocycles. The number of benzene rings is 3. The summed E-state index contributed by atoms with van der Waals surface area (Å²) in [6.07, 6.45) is 0. The molecule has 6 nitrogen and oxygen atoms in total. The van der Waals surface area contributed by atoms with Crippen molar-refractivity contribution in [1.29, 1.82) is 0 Å². The van der Waals surface area contributed by atoms with Crippen molar-refractivity contribution < 1.29 is 28.6 Å². The van der Waals surface area contributed by atoms with Crippen LogP contribution < -0.4 is 9.47 Å². The minimum Gasteiger partial charge on any atom is -0.497 e. The maximum atomic E-state index is 12.9. The largest absolute Gasteiger partial charge is 0.497 e. The van der Waals surface area contributed by atoms with Crippen LogP contribution in [0.5, 0.6) is 11.5 Å². The van der Waals surface area contributed by atoms with Crippen LogP contribution in [-0.4, -0.2) is 37.9 Å². The molecule has 4 rings (SSSR count). The Kier molecular flexibility index (Phi) is 5.73. The Morgan fingerprint density at radius 2 is 1.45 bits per heavy atom. The smallest absolute Gasteiger partial charge is 0.339 e. The van der Waals surface area contributed by atoms with Crippen molar-refractivity contribution in [3.05, 3.63) is 93.5 Å². The molecular formula is C24H17ClO6. The van der Waals surface area contributed by atoms with Gasteiger partial charge in [-0.3, -0.25) is 9.59 Å². The van der Waals surface area contributed by atoms with Gasteiger partial charge in [-0.05, 0) is 36.4 Å². The number of halogens is 1. The van der Waals surface area contributed by atoms with Crippen molar-refractivity contribution in [1.82, 2.24) is 0 Å². The molecule has 3 aromatic rings. The Labute approximate surface area is 183 Å². The van der Waals surface area contributed by atoms with Crippen molar-refractivity contribution in [2.75, 3.05) is 20.3 Å². The van der Waals surface area contributed by atoms with Crippen LogP contribution >= 0.6 is 11.6 Å². The second-order valence-electron chi connectivity index (χ2n) is 6.71. The molecule has 0 saturated heterocycles. The Bertz CT molecular complexity index is 1180. The monoisotopic (exact) mass is 436 g/mol. The van der Waals surface area contributed by atoms with E-state index in [1.807, 2.05) is 0 Å². The topological polar surface area (TPSA) is 78.9 Å². The molecule has 7 heteroatoms. The van der Waals surface area contributed by atoms with E-state index in [-0.39, 0.29) is 46.3 Å². The molecule has 156 valence electrons. The maximum absolute atomic E-state index is 12.9. The predicted octanol–water partition coefficient (Wildman–Crippen LogP) is 4.36. The molecule has 1 aliphatic rings. The highest BCUT2D eigenvalue weighted by atomic mass is 35.5. The van der Waals surface area contributed by atoms with Crippen molar-refractivity contribution in [2.45, 2.75) is 0 Å². The fourth-order valence-corrected chi connectivity index (χ4v) is 3.68. The number of carbonyl (C=O) groups excluding carboxylic acids is 3. The minimum atomic E-state index is -0.703. The highest BCUT2D eigenvalue weighted by molar-refractivity contribution is 6.41. The third-order valence-corrected chi connectivity index (χ3v) is 5.29. The van der Waals surface area contributed by atoms with E-state index in [1.54, 1.807) is 55.6 Å². The van der Waals surface area contributed by atoms with E-state index in [0.29, 0.717) is 17.1 Å². The van der Waals surface area contributed by atoms with Crippen LogP contribution in [-0.2, 0) is 4.74 Å². The number of ether oxygens (including phenoxy) is 3. The van der Waals surface area contributed by atoms with Crippen molar-refractivity contribution >= 4 is 29.1 Å². The summed E-state index contributed by atoms with van der Waals surface area (Å²) in [6, 6.07) is 16.3. The lowest BCUT2D eigenvalue weighted by Gasteiger charge is -2.19. The van der Waals surface area contributed by atoms with Crippen LogP contribution in [0.1, 0.15) is 42.2 Å². The summed E-state index contributed by atoms with van der Waals surface area (Å²) >= 11 is 6.37. The zero-order chi connectivity index (χ0) is 22.0. The fourth-order valence-electron chi connectivity index (χ4n) is 3.35. The second-order valence-corrected chi connectivity index (χ2v) is 7.09. The van der Waals surface area contributed by atoms with Crippen LogP contribution in [0, 0.1) is 0 Å². The number of methoxy groups -OCH3 is 1. The van der Waals surface area contributed by atoms with Gasteiger partial charge in [0.2, 0.25) is 0 Å². The van der Waals surface area contributed by atoms with E-state index in [4.69, 9.17) is 25.8 Å². The van der Waals surface area contributed by atoms with Gasteiger partial charge in [0.1, 0.15) is 24.7 Å². The molecule has 31 heavy (non-hydrogen) atoms. The Balaban J connectivity index is 1.46. The average Bonchev–Trinajstić information content (AvgIpc) is 2.80. The van der Waals surface area contributed by atoms with E-state index < -0.39 is 11.8 Å². The lowest BCUT2D eigenvalue weighted by atomic mass is 9.83. The molecule has 0 atom stereocenters. The van der Waals surface area contributed by atoms with Crippen LogP contribution in [0.25, 0.3) is 0 Å². The van der Waals surface area contributed by atoms with E-state index in [0.717, 1.165) is 0 Å². The summed E-state index contributed by atoms with van der Waals surface area (Å²) in [4.78, 5) is 38.1. The zero-order valence-electron chi connectivity index (χ0n) is 16.5. The van der Waals surface area contributed by atoms with Crippen LogP contribution in [0.15, 0.2) is 60.7 Å². The van der Waals surface area contributed by atoms with Gasteiger partial charge in [-0.1, -0.05) is 35.9 Å². The fraction of sp³-hybridized carbons (Fsp3) is 0.125. The molecule has 0 bridgehead atoms. The molecule has 0 N–H and O–H groups in total. The number of rotatable bonds is 6. The van der Waals surface area contributed by atoms with Gasteiger partial charge >= 0.3 is 5.97 Å². The molecule has 0 amide bonds. The Morgan fingerprint density at radius 1 is 0.806 bits per heavy atom. The number of fused-ring (bicyclic) bond motifs is 2. The minimum absolute atomic E-state index is 0.0189. The molecule has 0 fully saturated rings.